The highest BCUT2D eigenvalue weighted by Crippen LogP contribution is 2.14. The summed E-state index contributed by atoms with van der Waals surface area (Å²) in [6.45, 7) is 12.2. The average molecular weight is 412 g/mol. The normalized spacial score (nSPS) is 11.0. The Bertz CT molecular complexity index is 825. The minimum Gasteiger partial charge on any atom is -0.345 e. The van der Waals surface area contributed by atoms with Gasteiger partial charge in [-0.3, -0.25) is 9.59 Å². The van der Waals surface area contributed by atoms with Crippen LogP contribution in [0.15, 0.2) is 42.6 Å². The van der Waals surface area contributed by atoms with Crippen LogP contribution >= 0.6 is 0 Å². The maximum absolute atomic E-state index is 13.1. The van der Waals surface area contributed by atoms with Gasteiger partial charge in [0.2, 0.25) is 11.8 Å². The van der Waals surface area contributed by atoms with Crippen LogP contribution in [-0.4, -0.2) is 45.3 Å². The number of carbonyl (C=O) groups excluding carboxylic acids is 2. The van der Waals surface area contributed by atoms with Crippen LogP contribution in [0.1, 0.15) is 63.8 Å². The van der Waals surface area contributed by atoms with Crippen LogP contribution in [0.2, 0.25) is 0 Å². The van der Waals surface area contributed by atoms with Gasteiger partial charge in [-0.05, 0) is 44.9 Å². The quantitative estimate of drug-likeness (QED) is 0.542. The molecule has 5 nitrogen and oxygen atoms in total. The van der Waals surface area contributed by atoms with Gasteiger partial charge in [-0.15, -0.1) is 0 Å². The lowest BCUT2D eigenvalue weighted by molar-refractivity contribution is -0.142. The average Bonchev–Trinajstić information content (AvgIpc) is 3.14. The third-order valence-corrected chi connectivity index (χ3v) is 5.40. The summed E-state index contributed by atoms with van der Waals surface area (Å²) in [5.74, 6) is 0.0406. The van der Waals surface area contributed by atoms with Crippen molar-refractivity contribution in [1.29, 1.82) is 0 Å². The summed E-state index contributed by atoms with van der Waals surface area (Å²) < 4.78 is 2.21. The molecule has 0 bridgehead atoms. The smallest absolute Gasteiger partial charge is 0.242 e. The van der Waals surface area contributed by atoms with Crippen molar-refractivity contribution in [3.05, 3.63) is 59.4 Å². The molecular weight excluding hydrogens is 374 g/mol. The van der Waals surface area contributed by atoms with Crippen LogP contribution in [0.5, 0.6) is 0 Å². The lowest BCUT2D eigenvalue weighted by atomic mass is 10.1. The first-order valence-corrected chi connectivity index (χ1v) is 11.1. The highest BCUT2D eigenvalue weighted by atomic mass is 16.2. The number of unbranched alkanes of at least 4 members (excludes halogenated alkanes) is 1. The van der Waals surface area contributed by atoms with Gasteiger partial charge in [0.25, 0.3) is 0 Å². The van der Waals surface area contributed by atoms with Crippen molar-refractivity contribution in [2.24, 2.45) is 0 Å². The molecule has 0 aliphatic rings. The second-order valence-corrected chi connectivity index (χ2v) is 8.25. The zero-order chi connectivity index (χ0) is 22.1. The Balaban J connectivity index is 2.15. The number of amides is 2. The summed E-state index contributed by atoms with van der Waals surface area (Å²) in [6.07, 6.45) is 4.46. The van der Waals surface area contributed by atoms with Crippen LogP contribution in [0.3, 0.4) is 0 Å². The molecule has 164 valence electrons. The number of rotatable bonds is 11. The van der Waals surface area contributed by atoms with E-state index in [4.69, 9.17) is 0 Å². The second kappa shape index (κ2) is 11.6. The van der Waals surface area contributed by atoms with Crippen molar-refractivity contribution in [3.63, 3.8) is 0 Å². The van der Waals surface area contributed by atoms with Crippen LogP contribution < -0.4 is 0 Å². The fourth-order valence-electron chi connectivity index (χ4n) is 3.60. The van der Waals surface area contributed by atoms with Crippen molar-refractivity contribution < 1.29 is 9.59 Å². The van der Waals surface area contributed by atoms with Crippen LogP contribution in [-0.2, 0) is 22.7 Å². The van der Waals surface area contributed by atoms with Crippen molar-refractivity contribution in [3.8, 4) is 0 Å². The van der Waals surface area contributed by atoms with E-state index in [-0.39, 0.29) is 24.4 Å². The van der Waals surface area contributed by atoms with E-state index >= 15 is 0 Å². The predicted molar refractivity (Wildman–Crippen MR) is 122 cm³/mol. The Labute approximate surface area is 181 Å². The molecule has 0 fully saturated rings. The highest BCUT2D eigenvalue weighted by Gasteiger charge is 2.23. The third kappa shape index (κ3) is 6.75. The Morgan fingerprint density at radius 2 is 1.83 bits per heavy atom. The SMILES string of the molecule is CCCCN(Cc1cccn1Cc1cccc(C)c1)C(=O)CN(C(=O)CC)C(C)C. The first kappa shape index (κ1) is 23.7. The van der Waals surface area contributed by atoms with E-state index in [9.17, 15) is 9.59 Å². The topological polar surface area (TPSA) is 45.6 Å². The summed E-state index contributed by atoms with van der Waals surface area (Å²) in [5.41, 5.74) is 3.60. The Morgan fingerprint density at radius 1 is 1.07 bits per heavy atom. The van der Waals surface area contributed by atoms with E-state index in [0.717, 1.165) is 25.1 Å². The molecule has 30 heavy (non-hydrogen) atoms. The molecule has 0 atom stereocenters. The summed E-state index contributed by atoms with van der Waals surface area (Å²) in [4.78, 5) is 29.0. The van der Waals surface area contributed by atoms with Crippen molar-refractivity contribution >= 4 is 11.8 Å². The number of nitrogens with zero attached hydrogens (tertiary/aromatic N) is 3. The maximum Gasteiger partial charge on any atom is 0.242 e. The summed E-state index contributed by atoms with van der Waals surface area (Å²) >= 11 is 0. The number of hydrogen-bond donors (Lipinski definition) is 0. The lowest BCUT2D eigenvalue weighted by Crippen LogP contribution is -2.45. The zero-order valence-corrected chi connectivity index (χ0v) is 19.2. The van der Waals surface area contributed by atoms with Crippen molar-refractivity contribution in [1.82, 2.24) is 14.4 Å². The molecule has 2 amide bonds. The van der Waals surface area contributed by atoms with Crippen molar-refractivity contribution in [2.45, 2.75) is 73.0 Å². The minimum absolute atomic E-state index is 0.0135. The van der Waals surface area contributed by atoms with Gasteiger partial charge in [-0.2, -0.15) is 0 Å². The van der Waals surface area contributed by atoms with Crippen molar-refractivity contribution in [2.75, 3.05) is 13.1 Å². The largest absolute Gasteiger partial charge is 0.345 e. The molecule has 0 saturated carbocycles. The summed E-state index contributed by atoms with van der Waals surface area (Å²) in [6, 6.07) is 12.6. The molecule has 0 N–H and O–H groups in total. The van der Waals surface area contributed by atoms with E-state index in [1.54, 1.807) is 4.90 Å². The maximum atomic E-state index is 13.1. The second-order valence-electron chi connectivity index (χ2n) is 8.25. The molecule has 2 rings (SSSR count). The number of carbonyl (C=O) groups is 2. The third-order valence-electron chi connectivity index (χ3n) is 5.40. The summed E-state index contributed by atoms with van der Waals surface area (Å²) in [7, 11) is 0. The molecule has 0 unspecified atom stereocenters. The van der Waals surface area contributed by atoms with Gasteiger partial charge in [0.15, 0.2) is 0 Å². The highest BCUT2D eigenvalue weighted by molar-refractivity contribution is 5.85. The Hall–Kier alpha value is -2.56. The number of hydrogen-bond acceptors (Lipinski definition) is 2. The molecule has 1 aromatic carbocycles. The molecule has 1 aromatic heterocycles. The van der Waals surface area contributed by atoms with Crippen LogP contribution in [0.4, 0.5) is 0 Å². The number of benzene rings is 1. The van der Waals surface area contributed by atoms with E-state index in [0.29, 0.717) is 19.5 Å². The fraction of sp³-hybridized carbons (Fsp3) is 0.520. The minimum atomic E-state index is 0.0135. The van der Waals surface area contributed by atoms with E-state index in [1.165, 1.54) is 11.1 Å². The van der Waals surface area contributed by atoms with Crippen LogP contribution in [0, 0.1) is 6.92 Å². The molecular formula is C25H37N3O2. The molecule has 2 aromatic rings. The van der Waals surface area contributed by atoms with E-state index < -0.39 is 0 Å². The number of aryl methyl sites for hydroxylation is 1. The number of aromatic nitrogens is 1. The molecule has 0 aliphatic heterocycles. The molecule has 1 heterocycles. The molecule has 5 heteroatoms. The first-order chi connectivity index (χ1) is 14.3. The Morgan fingerprint density at radius 3 is 2.47 bits per heavy atom. The van der Waals surface area contributed by atoms with E-state index in [1.807, 2.05) is 31.7 Å². The summed E-state index contributed by atoms with van der Waals surface area (Å²) in [5, 5.41) is 0. The van der Waals surface area contributed by atoms with Gasteiger partial charge in [0.05, 0.1) is 13.1 Å². The fourth-order valence-corrected chi connectivity index (χ4v) is 3.60. The Kier molecular flexibility index (Phi) is 9.15. The predicted octanol–water partition coefficient (Wildman–Crippen LogP) is 4.62. The molecule has 0 saturated heterocycles. The monoisotopic (exact) mass is 411 g/mol. The first-order valence-electron chi connectivity index (χ1n) is 11.1. The lowest BCUT2D eigenvalue weighted by Gasteiger charge is -2.30. The van der Waals surface area contributed by atoms with Gasteiger partial charge in [0, 0.05) is 37.4 Å². The van der Waals surface area contributed by atoms with Gasteiger partial charge in [-0.1, -0.05) is 50.1 Å². The molecule has 0 aliphatic carbocycles. The zero-order valence-electron chi connectivity index (χ0n) is 19.2. The van der Waals surface area contributed by atoms with Gasteiger partial charge in [0.1, 0.15) is 0 Å². The van der Waals surface area contributed by atoms with E-state index in [2.05, 4.69) is 54.9 Å². The van der Waals surface area contributed by atoms with Crippen LogP contribution in [0.25, 0.3) is 0 Å². The van der Waals surface area contributed by atoms with Gasteiger partial charge in [-0.25, -0.2) is 0 Å². The molecule has 0 radical (unpaired) electrons. The van der Waals surface area contributed by atoms with Gasteiger partial charge >= 0.3 is 0 Å². The van der Waals surface area contributed by atoms with Gasteiger partial charge < -0.3 is 14.4 Å². The molecule has 0 spiro atoms. The standard InChI is InChI=1S/C25H37N3O2/c1-6-8-14-27(25(30)19-28(20(3)4)24(29)7-2)18-23-13-10-15-26(23)17-22-12-9-11-21(5)16-22/h9-13,15-16,20H,6-8,14,17-19H2,1-5H3.